The fourth-order valence-corrected chi connectivity index (χ4v) is 2.06. The van der Waals surface area contributed by atoms with E-state index in [4.69, 9.17) is 0 Å². The summed E-state index contributed by atoms with van der Waals surface area (Å²) in [5.74, 6) is 0. The molecular formula is C15H13N. The Kier molecular flexibility index (Phi) is 2.22. The minimum absolute atomic E-state index is 1.01. The summed E-state index contributed by atoms with van der Waals surface area (Å²) in [4.78, 5) is 0. The van der Waals surface area contributed by atoms with E-state index in [2.05, 4.69) is 59.9 Å². The van der Waals surface area contributed by atoms with Gasteiger partial charge in [-0.3, -0.25) is 0 Å². The Morgan fingerprint density at radius 3 is 2.44 bits per heavy atom. The molecule has 2 aromatic carbocycles. The van der Waals surface area contributed by atoms with Gasteiger partial charge >= 0.3 is 0 Å². The fraction of sp³-hybridized carbons (Fsp3) is 0.0667. The van der Waals surface area contributed by atoms with Gasteiger partial charge < -0.3 is 5.32 Å². The summed E-state index contributed by atoms with van der Waals surface area (Å²) < 4.78 is 0. The molecule has 1 heterocycles. The van der Waals surface area contributed by atoms with E-state index in [1.165, 1.54) is 22.5 Å². The third-order valence-corrected chi connectivity index (χ3v) is 2.83. The topological polar surface area (TPSA) is 12.0 Å². The summed E-state index contributed by atoms with van der Waals surface area (Å²) in [6.07, 6.45) is 3.21. The van der Waals surface area contributed by atoms with Crippen molar-refractivity contribution in [1.82, 2.24) is 0 Å². The summed E-state index contributed by atoms with van der Waals surface area (Å²) in [5, 5.41) is 3.44. The summed E-state index contributed by atoms with van der Waals surface area (Å²) in [7, 11) is 0. The third-order valence-electron chi connectivity index (χ3n) is 2.83. The number of rotatable bonds is 1. The van der Waals surface area contributed by atoms with Crippen LogP contribution >= 0.6 is 0 Å². The van der Waals surface area contributed by atoms with E-state index < -0.39 is 0 Å². The normalized spacial score (nSPS) is 15.9. The Morgan fingerprint density at radius 2 is 1.62 bits per heavy atom. The quantitative estimate of drug-likeness (QED) is 0.752. The van der Waals surface area contributed by atoms with Crippen LogP contribution in [-0.4, -0.2) is 0 Å². The minimum atomic E-state index is 1.01. The van der Waals surface area contributed by atoms with Gasteiger partial charge in [-0.15, -0.1) is 0 Å². The van der Waals surface area contributed by atoms with Crippen LogP contribution in [0.2, 0.25) is 0 Å². The van der Waals surface area contributed by atoms with Crippen molar-refractivity contribution in [2.45, 2.75) is 6.42 Å². The number of hydrogen-bond donors (Lipinski definition) is 1. The molecule has 0 saturated heterocycles. The van der Waals surface area contributed by atoms with Crippen LogP contribution in [0, 0.1) is 0 Å². The number of allylic oxidation sites excluding steroid dienone is 1. The van der Waals surface area contributed by atoms with Crippen molar-refractivity contribution in [3.8, 4) is 0 Å². The van der Waals surface area contributed by atoms with Crippen LogP contribution in [0.25, 0.3) is 6.08 Å². The van der Waals surface area contributed by atoms with Gasteiger partial charge in [0.15, 0.2) is 0 Å². The van der Waals surface area contributed by atoms with Crippen LogP contribution in [-0.2, 0) is 6.42 Å². The largest absolute Gasteiger partial charge is 0.358 e. The molecule has 3 rings (SSSR count). The average Bonchev–Trinajstić information content (AvgIpc) is 2.72. The van der Waals surface area contributed by atoms with Crippen LogP contribution in [0.5, 0.6) is 0 Å². The highest BCUT2D eigenvalue weighted by atomic mass is 14.9. The Labute approximate surface area is 95.4 Å². The van der Waals surface area contributed by atoms with Crippen molar-refractivity contribution in [2.75, 3.05) is 5.32 Å². The number of benzene rings is 2. The summed E-state index contributed by atoms with van der Waals surface area (Å²) in [5.41, 5.74) is 5.14. The zero-order valence-electron chi connectivity index (χ0n) is 8.98. The number of fused-ring (bicyclic) bond motifs is 1. The maximum Gasteiger partial charge on any atom is 0.0418 e. The first-order chi connectivity index (χ1) is 7.92. The van der Waals surface area contributed by atoms with Crippen molar-refractivity contribution in [2.24, 2.45) is 0 Å². The number of anilines is 1. The Hall–Kier alpha value is -2.02. The zero-order valence-corrected chi connectivity index (χ0v) is 8.98. The Balaban J connectivity index is 1.89. The van der Waals surface area contributed by atoms with E-state index in [9.17, 15) is 0 Å². The molecule has 0 fully saturated rings. The second-order valence-electron chi connectivity index (χ2n) is 4.04. The molecule has 1 aliphatic heterocycles. The molecule has 0 unspecified atom stereocenters. The molecule has 0 spiro atoms. The number of hydrogen-bond acceptors (Lipinski definition) is 1. The van der Waals surface area contributed by atoms with Gasteiger partial charge in [-0.05, 0) is 23.3 Å². The average molecular weight is 207 g/mol. The van der Waals surface area contributed by atoms with Crippen LogP contribution in [0.3, 0.4) is 0 Å². The monoisotopic (exact) mass is 207 g/mol. The lowest BCUT2D eigenvalue weighted by Gasteiger charge is -1.99. The van der Waals surface area contributed by atoms with Gasteiger partial charge in [0.2, 0.25) is 0 Å². The predicted molar refractivity (Wildman–Crippen MR) is 68.2 cm³/mol. The number of para-hydroxylation sites is 1. The lowest BCUT2D eigenvalue weighted by molar-refractivity contribution is 1.26. The van der Waals surface area contributed by atoms with Gasteiger partial charge in [-0.1, -0.05) is 48.5 Å². The molecule has 0 saturated carbocycles. The molecule has 2 aromatic rings. The standard InChI is InChI=1S/C15H13N/c1-2-6-12(7-3-1)10-14-11-13-8-4-5-9-15(13)16-14/h1-10,16H,11H2/b14-10-. The molecule has 0 aromatic heterocycles. The zero-order chi connectivity index (χ0) is 10.8. The van der Waals surface area contributed by atoms with Crippen molar-refractivity contribution in [1.29, 1.82) is 0 Å². The molecule has 0 radical (unpaired) electrons. The second kappa shape index (κ2) is 3.86. The van der Waals surface area contributed by atoms with Gasteiger partial charge in [-0.2, -0.15) is 0 Å². The summed E-state index contributed by atoms with van der Waals surface area (Å²) in [6.45, 7) is 0. The van der Waals surface area contributed by atoms with Gasteiger partial charge in [0.1, 0.15) is 0 Å². The van der Waals surface area contributed by atoms with E-state index in [-0.39, 0.29) is 0 Å². The molecule has 1 nitrogen and oxygen atoms in total. The first kappa shape index (κ1) is 9.22. The molecular weight excluding hydrogens is 194 g/mol. The van der Waals surface area contributed by atoms with Gasteiger partial charge in [0.25, 0.3) is 0 Å². The molecule has 1 aliphatic rings. The molecule has 1 heteroatoms. The molecule has 16 heavy (non-hydrogen) atoms. The highest BCUT2D eigenvalue weighted by Gasteiger charge is 2.12. The van der Waals surface area contributed by atoms with Crippen LogP contribution < -0.4 is 5.32 Å². The maximum atomic E-state index is 3.44. The summed E-state index contributed by atoms with van der Waals surface area (Å²) in [6, 6.07) is 18.9. The van der Waals surface area contributed by atoms with Gasteiger partial charge in [0.05, 0.1) is 0 Å². The van der Waals surface area contributed by atoms with Crippen LogP contribution in [0.15, 0.2) is 60.3 Å². The lowest BCUT2D eigenvalue weighted by Crippen LogP contribution is -1.90. The second-order valence-corrected chi connectivity index (χ2v) is 4.04. The number of nitrogens with one attached hydrogen (secondary N) is 1. The third kappa shape index (κ3) is 1.72. The molecule has 1 N–H and O–H groups in total. The van der Waals surface area contributed by atoms with E-state index in [1.807, 2.05) is 6.07 Å². The fourth-order valence-electron chi connectivity index (χ4n) is 2.06. The molecule has 0 amide bonds. The van der Waals surface area contributed by atoms with E-state index in [1.54, 1.807) is 0 Å². The molecule has 0 aliphatic carbocycles. The summed E-state index contributed by atoms with van der Waals surface area (Å²) >= 11 is 0. The predicted octanol–water partition coefficient (Wildman–Crippen LogP) is 3.70. The molecule has 78 valence electrons. The minimum Gasteiger partial charge on any atom is -0.358 e. The maximum absolute atomic E-state index is 3.44. The first-order valence-corrected chi connectivity index (χ1v) is 5.52. The van der Waals surface area contributed by atoms with Crippen LogP contribution in [0.1, 0.15) is 11.1 Å². The van der Waals surface area contributed by atoms with Gasteiger partial charge in [0, 0.05) is 17.8 Å². The lowest BCUT2D eigenvalue weighted by atomic mass is 10.1. The van der Waals surface area contributed by atoms with Crippen molar-refractivity contribution >= 4 is 11.8 Å². The molecule has 0 bridgehead atoms. The van der Waals surface area contributed by atoms with Crippen molar-refractivity contribution < 1.29 is 0 Å². The smallest absolute Gasteiger partial charge is 0.0418 e. The first-order valence-electron chi connectivity index (χ1n) is 5.52. The molecule has 0 atom stereocenters. The van der Waals surface area contributed by atoms with Gasteiger partial charge in [-0.25, -0.2) is 0 Å². The van der Waals surface area contributed by atoms with E-state index in [0.717, 1.165) is 6.42 Å². The van der Waals surface area contributed by atoms with Crippen molar-refractivity contribution in [3.63, 3.8) is 0 Å². The Morgan fingerprint density at radius 1 is 0.875 bits per heavy atom. The SMILES string of the molecule is C(=C1\Cc2ccccc2N1)/c1ccccc1. The van der Waals surface area contributed by atoms with E-state index >= 15 is 0 Å². The van der Waals surface area contributed by atoms with Crippen molar-refractivity contribution in [3.05, 3.63) is 71.4 Å². The Bertz CT molecular complexity index is 499. The highest BCUT2D eigenvalue weighted by Crippen LogP contribution is 2.28. The van der Waals surface area contributed by atoms with Crippen LogP contribution in [0.4, 0.5) is 5.69 Å². The van der Waals surface area contributed by atoms with E-state index in [0.29, 0.717) is 0 Å². The highest BCUT2D eigenvalue weighted by molar-refractivity contribution is 5.68.